The molecule has 2 heterocycles. The van der Waals surface area contributed by atoms with Crippen molar-refractivity contribution >= 4 is 23.8 Å². The summed E-state index contributed by atoms with van der Waals surface area (Å²) in [6.07, 6.45) is -0.0341. The minimum Gasteiger partial charge on any atom is -0.486 e. The summed E-state index contributed by atoms with van der Waals surface area (Å²) >= 11 is 0. The molecule has 0 bridgehead atoms. The van der Waals surface area contributed by atoms with Gasteiger partial charge in [0.15, 0.2) is 11.5 Å². The van der Waals surface area contributed by atoms with Gasteiger partial charge in [0.05, 0.1) is 0 Å². The number of carbonyl (C=O) groups is 4. The van der Waals surface area contributed by atoms with Crippen LogP contribution in [-0.2, 0) is 26.5 Å². The molecule has 0 radical (unpaired) electrons. The molecule has 0 aliphatic carbocycles. The number of urea groups is 1. The summed E-state index contributed by atoms with van der Waals surface area (Å²) in [5, 5.41) is 2.69. The number of amides is 5. The number of ether oxygens (including phenoxy) is 2. The third-order valence-electron chi connectivity index (χ3n) is 5.88. The highest BCUT2D eigenvalue weighted by molar-refractivity contribution is 6.09. The van der Waals surface area contributed by atoms with Crippen LogP contribution in [0.5, 0.6) is 11.5 Å². The maximum Gasteiger partial charge on any atom is 0.325 e. The minimum absolute atomic E-state index is 0.0341. The Bertz CT molecular complexity index is 1120. The molecule has 10 nitrogen and oxygen atoms in total. The summed E-state index contributed by atoms with van der Waals surface area (Å²) in [4.78, 5) is 52.8. The fraction of sp³-hybridized carbons (Fsp3) is 0.333. The van der Waals surface area contributed by atoms with E-state index in [1.54, 1.807) is 25.1 Å². The lowest BCUT2D eigenvalue weighted by molar-refractivity contribution is -0.139. The Hall–Kier alpha value is -4.08. The van der Waals surface area contributed by atoms with Crippen LogP contribution >= 0.6 is 0 Å². The van der Waals surface area contributed by atoms with Gasteiger partial charge in [-0.3, -0.25) is 19.3 Å². The Balaban J connectivity index is 1.51. The molecular weight excluding hydrogens is 440 g/mol. The molecule has 178 valence electrons. The maximum atomic E-state index is 13.3. The summed E-state index contributed by atoms with van der Waals surface area (Å²) in [6, 6.07) is 13.6. The number of rotatable bonds is 8. The molecule has 4 rings (SSSR count). The minimum atomic E-state index is -1.37. The summed E-state index contributed by atoms with van der Waals surface area (Å²) in [5.41, 5.74) is 5.26. The van der Waals surface area contributed by atoms with E-state index in [4.69, 9.17) is 15.2 Å². The lowest BCUT2D eigenvalue weighted by Gasteiger charge is -2.26. The van der Waals surface area contributed by atoms with Crippen molar-refractivity contribution in [1.82, 2.24) is 15.1 Å². The Morgan fingerprint density at radius 1 is 1.09 bits per heavy atom. The molecule has 1 saturated heterocycles. The van der Waals surface area contributed by atoms with Crippen molar-refractivity contribution < 1.29 is 28.7 Å². The maximum absolute atomic E-state index is 13.3. The molecule has 2 aromatic rings. The quantitative estimate of drug-likeness (QED) is 0.561. The lowest BCUT2D eigenvalue weighted by atomic mass is 9.91. The molecular formula is C24H26N4O6. The molecule has 2 aliphatic heterocycles. The number of fused-ring (bicyclic) bond motifs is 1. The zero-order valence-electron chi connectivity index (χ0n) is 18.8. The average molecular weight is 466 g/mol. The van der Waals surface area contributed by atoms with Crippen LogP contribution in [0.25, 0.3) is 0 Å². The zero-order valence-corrected chi connectivity index (χ0v) is 18.8. The number of carbonyl (C=O) groups excluding carboxylic acids is 4. The smallest absolute Gasteiger partial charge is 0.325 e. The van der Waals surface area contributed by atoms with Gasteiger partial charge in [0.25, 0.3) is 5.91 Å². The molecule has 3 N–H and O–H groups in total. The van der Waals surface area contributed by atoms with E-state index in [0.717, 1.165) is 10.5 Å². The van der Waals surface area contributed by atoms with Crippen molar-refractivity contribution in [2.45, 2.75) is 25.4 Å². The van der Waals surface area contributed by atoms with Crippen LogP contribution in [0, 0.1) is 0 Å². The number of nitrogens with one attached hydrogen (secondary N) is 1. The molecule has 0 spiro atoms. The molecule has 2 aromatic carbocycles. The molecule has 5 amide bonds. The van der Waals surface area contributed by atoms with Gasteiger partial charge >= 0.3 is 6.03 Å². The second-order valence-corrected chi connectivity index (χ2v) is 8.32. The Morgan fingerprint density at radius 3 is 2.50 bits per heavy atom. The highest BCUT2D eigenvalue weighted by Crippen LogP contribution is 2.36. The second kappa shape index (κ2) is 9.42. The average Bonchev–Trinajstić information content (AvgIpc) is 3.05. The first-order valence-corrected chi connectivity index (χ1v) is 10.9. The van der Waals surface area contributed by atoms with Crippen molar-refractivity contribution in [2.24, 2.45) is 5.73 Å². The van der Waals surface area contributed by atoms with E-state index in [0.29, 0.717) is 30.3 Å². The summed E-state index contributed by atoms with van der Waals surface area (Å²) < 4.78 is 11.1. The van der Waals surface area contributed by atoms with Crippen LogP contribution in [0.2, 0.25) is 0 Å². The lowest BCUT2D eigenvalue weighted by Crippen LogP contribution is -2.45. The Morgan fingerprint density at radius 2 is 1.79 bits per heavy atom. The molecule has 1 fully saturated rings. The predicted octanol–water partition coefficient (Wildman–Crippen LogP) is 1.13. The monoisotopic (exact) mass is 466 g/mol. The van der Waals surface area contributed by atoms with Crippen LogP contribution in [0.4, 0.5) is 4.79 Å². The molecule has 1 atom stereocenters. The van der Waals surface area contributed by atoms with E-state index < -0.39 is 35.8 Å². The highest BCUT2D eigenvalue weighted by Gasteiger charge is 2.50. The predicted molar refractivity (Wildman–Crippen MR) is 121 cm³/mol. The van der Waals surface area contributed by atoms with Gasteiger partial charge in [-0.05, 0) is 30.2 Å². The summed E-state index contributed by atoms with van der Waals surface area (Å²) in [5.74, 6) is -0.528. The molecule has 0 aromatic heterocycles. The van der Waals surface area contributed by atoms with Crippen molar-refractivity contribution in [3.8, 4) is 11.5 Å². The van der Waals surface area contributed by atoms with Crippen LogP contribution in [-0.4, -0.2) is 59.9 Å². The van der Waals surface area contributed by atoms with E-state index in [-0.39, 0.29) is 19.5 Å². The number of nitrogens with two attached hydrogens (primary N) is 1. The molecule has 0 saturated carbocycles. The van der Waals surface area contributed by atoms with Gasteiger partial charge < -0.3 is 25.4 Å². The first-order chi connectivity index (χ1) is 16.3. The van der Waals surface area contributed by atoms with Gasteiger partial charge in [0, 0.05) is 19.5 Å². The number of imide groups is 1. The highest BCUT2D eigenvalue weighted by atomic mass is 16.6. The van der Waals surface area contributed by atoms with Crippen molar-refractivity contribution in [2.75, 3.05) is 26.3 Å². The number of nitrogens with zero attached hydrogens (tertiary/aromatic N) is 2. The van der Waals surface area contributed by atoms with Crippen LogP contribution in [0.1, 0.15) is 24.5 Å². The van der Waals surface area contributed by atoms with Gasteiger partial charge in [-0.15, -0.1) is 0 Å². The van der Waals surface area contributed by atoms with Crippen LogP contribution < -0.4 is 20.5 Å². The SMILES string of the molecule is C[C@]1(c2ccc3c(c2)OCCO3)NC(=O)N(CC(=O)N(CCC(N)=O)Cc2ccccc2)C1=O. The van der Waals surface area contributed by atoms with E-state index in [1.807, 2.05) is 30.3 Å². The van der Waals surface area contributed by atoms with Gasteiger partial charge in [0.2, 0.25) is 11.8 Å². The zero-order chi connectivity index (χ0) is 24.3. The van der Waals surface area contributed by atoms with Gasteiger partial charge in [-0.25, -0.2) is 4.79 Å². The first-order valence-electron chi connectivity index (χ1n) is 10.9. The van der Waals surface area contributed by atoms with Crippen molar-refractivity contribution in [3.63, 3.8) is 0 Å². The van der Waals surface area contributed by atoms with E-state index in [1.165, 1.54) is 4.90 Å². The summed E-state index contributed by atoms with van der Waals surface area (Å²) in [6.45, 7) is 2.23. The largest absolute Gasteiger partial charge is 0.486 e. The molecule has 34 heavy (non-hydrogen) atoms. The third kappa shape index (κ3) is 4.66. The van der Waals surface area contributed by atoms with Gasteiger partial charge in [-0.1, -0.05) is 36.4 Å². The Labute approximate surface area is 196 Å². The first kappa shape index (κ1) is 23.1. The number of hydrogen-bond donors (Lipinski definition) is 2. The number of hydrogen-bond acceptors (Lipinski definition) is 6. The molecule has 2 aliphatic rings. The third-order valence-corrected chi connectivity index (χ3v) is 5.88. The van der Waals surface area contributed by atoms with E-state index >= 15 is 0 Å². The normalized spacial score (nSPS) is 19.0. The van der Waals surface area contributed by atoms with Crippen molar-refractivity contribution in [1.29, 1.82) is 0 Å². The second-order valence-electron chi connectivity index (χ2n) is 8.32. The van der Waals surface area contributed by atoms with E-state index in [9.17, 15) is 19.2 Å². The fourth-order valence-corrected chi connectivity index (χ4v) is 3.97. The van der Waals surface area contributed by atoms with Gasteiger partial charge in [0.1, 0.15) is 25.3 Å². The number of primary amides is 1. The standard InChI is InChI=1S/C24H26N4O6/c1-24(17-7-8-18-19(13-17)34-12-11-33-18)22(31)28(23(32)26-24)15-21(30)27(10-9-20(25)29)14-16-5-3-2-4-6-16/h2-8,13H,9-12,14-15H2,1H3,(H2,25,29)(H,26,32)/t24-/m1/s1. The van der Waals surface area contributed by atoms with E-state index in [2.05, 4.69) is 5.32 Å². The van der Waals surface area contributed by atoms with Gasteiger partial charge in [-0.2, -0.15) is 0 Å². The summed E-state index contributed by atoms with van der Waals surface area (Å²) in [7, 11) is 0. The fourth-order valence-electron chi connectivity index (χ4n) is 3.97. The molecule has 10 heteroatoms. The molecule has 0 unspecified atom stereocenters. The number of benzene rings is 2. The van der Waals surface area contributed by atoms with Crippen LogP contribution in [0.3, 0.4) is 0 Å². The van der Waals surface area contributed by atoms with Crippen LogP contribution in [0.15, 0.2) is 48.5 Å². The topological polar surface area (TPSA) is 131 Å². The van der Waals surface area contributed by atoms with Crippen molar-refractivity contribution in [3.05, 3.63) is 59.7 Å². The Kier molecular flexibility index (Phi) is 6.40.